The molecule has 0 saturated carbocycles. The molecule has 1 aromatic heterocycles. The second kappa shape index (κ2) is 13.0. The smallest absolute Gasteiger partial charge is 0.319 e. The quantitative estimate of drug-likeness (QED) is 0.172. The summed E-state index contributed by atoms with van der Waals surface area (Å²) in [6.45, 7) is 5.54. The third-order valence-corrected chi connectivity index (χ3v) is 6.13. The predicted molar refractivity (Wildman–Crippen MR) is 130 cm³/mol. The summed E-state index contributed by atoms with van der Waals surface area (Å²) in [6.07, 6.45) is 5.47. The van der Waals surface area contributed by atoms with Crippen LogP contribution in [0.25, 0.3) is 10.9 Å². The van der Waals surface area contributed by atoms with Crippen molar-refractivity contribution in [2.45, 2.75) is 49.7 Å². The Morgan fingerprint density at radius 3 is 2.47 bits per heavy atom. The van der Waals surface area contributed by atoms with Gasteiger partial charge in [0.25, 0.3) is 0 Å². The van der Waals surface area contributed by atoms with Gasteiger partial charge in [-0.2, -0.15) is 0 Å². The molecule has 0 saturated heterocycles. The number of thioether (sulfide) groups is 1. The van der Waals surface area contributed by atoms with Gasteiger partial charge in [0, 0.05) is 22.9 Å². The van der Waals surface area contributed by atoms with E-state index in [9.17, 15) is 4.79 Å². The average Bonchev–Trinajstić information content (AvgIpc) is 2.82. The summed E-state index contributed by atoms with van der Waals surface area (Å²) in [7, 11) is 0. The topological polar surface area (TPSA) is 57.7 Å². The van der Waals surface area contributed by atoms with Crippen LogP contribution in [0.2, 0.25) is 0 Å². The number of aromatic nitrogens is 1. The van der Waals surface area contributed by atoms with Gasteiger partial charge in [-0.3, -0.25) is 9.78 Å². The second-order valence-corrected chi connectivity index (χ2v) is 8.66. The molecule has 0 bridgehead atoms. The fourth-order valence-corrected chi connectivity index (χ4v) is 4.28. The minimum atomic E-state index is -0.162. The van der Waals surface area contributed by atoms with Gasteiger partial charge in [-0.15, -0.1) is 11.8 Å². The molecule has 0 amide bonds. The van der Waals surface area contributed by atoms with Crippen LogP contribution in [0.3, 0.4) is 0 Å². The zero-order valence-electron chi connectivity index (χ0n) is 18.8. The molecule has 1 atom stereocenters. The second-order valence-electron chi connectivity index (χ2n) is 7.38. The molecule has 0 aliphatic carbocycles. The van der Waals surface area contributed by atoms with Gasteiger partial charge >= 0.3 is 5.97 Å². The lowest BCUT2D eigenvalue weighted by Gasteiger charge is -2.15. The van der Waals surface area contributed by atoms with Crippen LogP contribution in [-0.4, -0.2) is 36.0 Å². The number of carbonyl (C=O) groups excluding carboxylic acids is 1. The maximum absolute atomic E-state index is 12.2. The normalized spacial score (nSPS) is 11.8. The van der Waals surface area contributed by atoms with E-state index in [0.717, 1.165) is 53.0 Å². The summed E-state index contributed by atoms with van der Waals surface area (Å²) in [4.78, 5) is 17.6. The molecule has 0 radical (unpaired) electrons. The van der Waals surface area contributed by atoms with Crippen LogP contribution >= 0.6 is 11.8 Å². The van der Waals surface area contributed by atoms with E-state index in [1.54, 1.807) is 18.0 Å². The largest absolute Gasteiger partial charge is 0.493 e. The number of esters is 1. The first-order valence-electron chi connectivity index (χ1n) is 11.2. The van der Waals surface area contributed by atoms with Gasteiger partial charge in [-0.1, -0.05) is 25.8 Å². The van der Waals surface area contributed by atoms with Crippen molar-refractivity contribution in [2.75, 3.05) is 19.8 Å². The first-order valence-corrected chi connectivity index (χ1v) is 12.1. The number of carbonyl (C=O) groups is 1. The lowest BCUT2D eigenvalue weighted by Crippen LogP contribution is -2.20. The predicted octanol–water partition coefficient (Wildman–Crippen LogP) is 6.30. The number of nitrogens with zero attached hydrogens (tertiary/aromatic N) is 1. The number of fused-ring (bicyclic) bond motifs is 1. The average molecular weight is 454 g/mol. The summed E-state index contributed by atoms with van der Waals surface area (Å²) in [5, 5.41) is 0.906. The molecule has 5 nitrogen and oxygen atoms in total. The van der Waals surface area contributed by atoms with Gasteiger partial charge < -0.3 is 14.2 Å². The van der Waals surface area contributed by atoms with Crippen molar-refractivity contribution in [3.05, 3.63) is 60.8 Å². The van der Waals surface area contributed by atoms with Crippen LogP contribution in [0, 0.1) is 0 Å². The van der Waals surface area contributed by atoms with E-state index in [1.807, 2.05) is 61.5 Å². The monoisotopic (exact) mass is 453 g/mol. The molecule has 0 N–H and O–H groups in total. The minimum absolute atomic E-state index is 0.131. The van der Waals surface area contributed by atoms with Crippen molar-refractivity contribution >= 4 is 28.6 Å². The van der Waals surface area contributed by atoms with Crippen LogP contribution in [0.4, 0.5) is 0 Å². The molecule has 1 unspecified atom stereocenters. The fraction of sp³-hybridized carbons (Fsp3) is 0.385. The zero-order valence-corrected chi connectivity index (χ0v) is 19.6. The van der Waals surface area contributed by atoms with Crippen molar-refractivity contribution in [3.8, 4) is 11.5 Å². The first-order chi connectivity index (χ1) is 15.7. The first kappa shape index (κ1) is 23.9. The van der Waals surface area contributed by atoms with Gasteiger partial charge in [0.15, 0.2) is 0 Å². The molecule has 6 heteroatoms. The van der Waals surface area contributed by atoms with Crippen molar-refractivity contribution in [1.82, 2.24) is 4.98 Å². The van der Waals surface area contributed by atoms with Crippen molar-refractivity contribution in [1.29, 1.82) is 0 Å². The molecule has 0 aliphatic rings. The number of rotatable bonds is 13. The Morgan fingerprint density at radius 1 is 0.969 bits per heavy atom. The SMILES string of the molecule is CCCCC(Sc1ccc(OCCCOc2ccc3ncccc3c2)cc1)C(=O)OCC. The molecule has 32 heavy (non-hydrogen) atoms. The molecule has 170 valence electrons. The standard InChI is InChI=1S/C26H31NO4S/c1-3-5-9-25(26(28)29-4-2)32-23-13-10-21(11-14-23)30-17-7-18-31-22-12-15-24-20(19-22)8-6-16-27-24/h6,8,10-16,19,25H,3-5,7,9,17-18H2,1-2H3. The minimum Gasteiger partial charge on any atom is -0.493 e. The highest BCUT2D eigenvalue weighted by molar-refractivity contribution is 8.00. The van der Waals surface area contributed by atoms with E-state index in [4.69, 9.17) is 14.2 Å². The van der Waals surface area contributed by atoms with E-state index >= 15 is 0 Å². The number of benzene rings is 2. The summed E-state index contributed by atoms with van der Waals surface area (Å²) in [5.41, 5.74) is 0.962. The van der Waals surface area contributed by atoms with E-state index in [1.165, 1.54) is 0 Å². The molecule has 0 fully saturated rings. The van der Waals surface area contributed by atoms with Crippen molar-refractivity contribution in [2.24, 2.45) is 0 Å². The van der Waals surface area contributed by atoms with Crippen LogP contribution in [0.1, 0.15) is 39.5 Å². The van der Waals surface area contributed by atoms with Gasteiger partial charge in [0.2, 0.25) is 0 Å². The summed E-state index contributed by atoms with van der Waals surface area (Å²) < 4.78 is 16.9. The molecule has 3 aromatic rings. The Morgan fingerprint density at radius 2 is 1.72 bits per heavy atom. The van der Waals surface area contributed by atoms with Gasteiger partial charge in [0.05, 0.1) is 25.3 Å². The van der Waals surface area contributed by atoms with Gasteiger partial charge in [0.1, 0.15) is 16.7 Å². The molecule has 0 spiro atoms. The van der Waals surface area contributed by atoms with Crippen molar-refractivity contribution in [3.63, 3.8) is 0 Å². The lowest BCUT2D eigenvalue weighted by molar-refractivity contribution is -0.142. The lowest BCUT2D eigenvalue weighted by atomic mass is 10.2. The molecule has 2 aromatic carbocycles. The van der Waals surface area contributed by atoms with Crippen molar-refractivity contribution < 1.29 is 19.0 Å². The van der Waals surface area contributed by atoms with E-state index < -0.39 is 0 Å². The molecule has 3 rings (SSSR count). The third kappa shape index (κ3) is 7.45. The van der Waals surface area contributed by atoms with Crippen LogP contribution < -0.4 is 9.47 Å². The number of pyridine rings is 1. The highest BCUT2D eigenvalue weighted by Crippen LogP contribution is 2.29. The van der Waals surface area contributed by atoms with Crippen LogP contribution in [0.15, 0.2) is 65.7 Å². The van der Waals surface area contributed by atoms with E-state index in [2.05, 4.69) is 11.9 Å². The van der Waals surface area contributed by atoms with Crippen LogP contribution in [0.5, 0.6) is 11.5 Å². The number of ether oxygens (including phenoxy) is 3. The highest BCUT2D eigenvalue weighted by atomic mass is 32.2. The highest BCUT2D eigenvalue weighted by Gasteiger charge is 2.20. The molecule has 0 aliphatic heterocycles. The van der Waals surface area contributed by atoms with Gasteiger partial charge in [-0.05, 0) is 61.9 Å². The van der Waals surface area contributed by atoms with Gasteiger partial charge in [-0.25, -0.2) is 0 Å². The number of hydrogen-bond acceptors (Lipinski definition) is 6. The number of hydrogen-bond donors (Lipinski definition) is 0. The Labute approximate surface area is 194 Å². The molecule has 1 heterocycles. The summed E-state index contributed by atoms with van der Waals surface area (Å²) in [5.74, 6) is 1.52. The Bertz CT molecular complexity index is 977. The third-order valence-electron chi connectivity index (χ3n) is 4.87. The summed E-state index contributed by atoms with van der Waals surface area (Å²) in [6, 6.07) is 17.7. The maximum atomic E-state index is 12.2. The Hall–Kier alpha value is -2.73. The zero-order chi connectivity index (χ0) is 22.6. The fourth-order valence-electron chi connectivity index (χ4n) is 3.21. The maximum Gasteiger partial charge on any atom is 0.319 e. The molecular formula is C26H31NO4S. The molecular weight excluding hydrogens is 422 g/mol. The number of unbranched alkanes of at least 4 members (excludes halogenated alkanes) is 1. The van der Waals surface area contributed by atoms with E-state index in [0.29, 0.717) is 19.8 Å². The van der Waals surface area contributed by atoms with Crippen LogP contribution in [-0.2, 0) is 9.53 Å². The Kier molecular flexibility index (Phi) is 9.69. The summed E-state index contributed by atoms with van der Waals surface area (Å²) >= 11 is 1.56. The van der Waals surface area contributed by atoms with E-state index in [-0.39, 0.29) is 11.2 Å². The Balaban J connectivity index is 1.41.